The third-order valence-corrected chi connectivity index (χ3v) is 4.96. The third kappa shape index (κ3) is 3.54. The molecule has 0 amide bonds. The van der Waals surface area contributed by atoms with Gasteiger partial charge in [-0.2, -0.15) is 0 Å². The van der Waals surface area contributed by atoms with Crippen LogP contribution in [0.25, 0.3) is 31.8 Å². The van der Waals surface area contributed by atoms with E-state index >= 15 is 0 Å². The second kappa shape index (κ2) is 7.20. The third-order valence-electron chi connectivity index (χ3n) is 3.89. The first-order valence-corrected chi connectivity index (χ1v) is 9.18. The SMILES string of the molecule is CCOC(=O)COc1ccc2cc(-c3nc4ccccc4s3)c(=O)oc2c1. The van der Waals surface area contributed by atoms with Crippen LogP contribution in [0.5, 0.6) is 5.75 Å². The molecule has 7 heteroatoms. The molecule has 6 nitrogen and oxygen atoms in total. The molecular weight excluding hydrogens is 366 g/mol. The predicted octanol–water partition coefficient (Wildman–Crippen LogP) is 4.01. The molecule has 0 atom stereocenters. The zero-order valence-corrected chi connectivity index (χ0v) is 15.2. The van der Waals surface area contributed by atoms with Crippen molar-refractivity contribution in [2.24, 2.45) is 0 Å². The van der Waals surface area contributed by atoms with Gasteiger partial charge in [-0.25, -0.2) is 14.6 Å². The Hall–Kier alpha value is -3.19. The highest BCUT2D eigenvalue weighted by molar-refractivity contribution is 7.21. The second-order valence-electron chi connectivity index (χ2n) is 5.73. The Bertz CT molecular complexity index is 1160. The number of hydrogen-bond donors (Lipinski definition) is 0. The Balaban J connectivity index is 1.66. The van der Waals surface area contributed by atoms with Crippen LogP contribution >= 0.6 is 11.3 Å². The number of carbonyl (C=O) groups excluding carboxylic acids is 1. The number of para-hydroxylation sites is 1. The van der Waals surface area contributed by atoms with Crippen LogP contribution in [0.4, 0.5) is 0 Å². The number of benzene rings is 2. The van der Waals surface area contributed by atoms with Gasteiger partial charge < -0.3 is 13.9 Å². The van der Waals surface area contributed by atoms with Gasteiger partial charge in [0.25, 0.3) is 0 Å². The topological polar surface area (TPSA) is 78.6 Å². The molecule has 0 N–H and O–H groups in total. The van der Waals surface area contributed by atoms with Crippen LogP contribution in [-0.2, 0) is 9.53 Å². The summed E-state index contributed by atoms with van der Waals surface area (Å²) in [7, 11) is 0. The average Bonchev–Trinajstić information content (AvgIpc) is 3.09. The standard InChI is InChI=1S/C20H15NO5S/c1-2-24-18(22)11-25-13-8-7-12-9-14(20(23)26-16(12)10-13)19-21-15-5-3-4-6-17(15)27-19/h3-10H,2,11H2,1H3. The number of thiazole rings is 1. The van der Waals surface area contributed by atoms with Gasteiger partial charge in [0.15, 0.2) is 6.61 Å². The number of rotatable bonds is 5. The maximum atomic E-state index is 12.5. The van der Waals surface area contributed by atoms with Crippen molar-refractivity contribution >= 4 is 38.5 Å². The smallest absolute Gasteiger partial charge is 0.346 e. The van der Waals surface area contributed by atoms with Crippen molar-refractivity contribution < 1.29 is 18.7 Å². The van der Waals surface area contributed by atoms with Crippen molar-refractivity contribution in [2.75, 3.05) is 13.2 Å². The fourth-order valence-corrected chi connectivity index (χ4v) is 3.63. The highest BCUT2D eigenvalue weighted by atomic mass is 32.1. The largest absolute Gasteiger partial charge is 0.482 e. The van der Waals surface area contributed by atoms with Crippen LogP contribution in [0.2, 0.25) is 0 Å². The minimum Gasteiger partial charge on any atom is -0.482 e. The molecule has 0 aliphatic carbocycles. The van der Waals surface area contributed by atoms with Gasteiger partial charge in [0, 0.05) is 11.5 Å². The summed E-state index contributed by atoms with van der Waals surface area (Å²) in [5.74, 6) is -0.0309. The number of nitrogens with zero attached hydrogens (tertiary/aromatic N) is 1. The molecule has 0 aliphatic heterocycles. The van der Waals surface area contributed by atoms with E-state index in [4.69, 9.17) is 13.9 Å². The van der Waals surface area contributed by atoms with Crippen LogP contribution in [0.15, 0.2) is 57.7 Å². The Labute approximate surface area is 158 Å². The molecule has 0 saturated heterocycles. The lowest BCUT2D eigenvalue weighted by molar-refractivity contribution is -0.145. The number of esters is 1. The van der Waals surface area contributed by atoms with Crippen LogP contribution in [-0.4, -0.2) is 24.2 Å². The molecular formula is C20H15NO5S. The highest BCUT2D eigenvalue weighted by Crippen LogP contribution is 2.30. The first-order valence-electron chi connectivity index (χ1n) is 8.36. The van der Waals surface area contributed by atoms with Crippen molar-refractivity contribution in [2.45, 2.75) is 6.92 Å². The first-order chi connectivity index (χ1) is 13.1. The molecule has 4 aromatic rings. The lowest BCUT2D eigenvalue weighted by atomic mass is 10.2. The minimum atomic E-state index is -0.468. The van der Waals surface area contributed by atoms with Gasteiger partial charge >= 0.3 is 11.6 Å². The van der Waals surface area contributed by atoms with Gasteiger partial charge in [0.2, 0.25) is 0 Å². The quantitative estimate of drug-likeness (QED) is 0.384. The van der Waals surface area contributed by atoms with Crippen LogP contribution in [0.1, 0.15) is 6.92 Å². The van der Waals surface area contributed by atoms with E-state index in [0.717, 1.165) is 15.6 Å². The molecule has 136 valence electrons. The van der Waals surface area contributed by atoms with Crippen molar-refractivity contribution in [1.82, 2.24) is 4.98 Å². The summed E-state index contributed by atoms with van der Waals surface area (Å²) in [4.78, 5) is 28.4. The number of ether oxygens (including phenoxy) is 2. The summed E-state index contributed by atoms with van der Waals surface area (Å²) in [6, 6.07) is 14.5. The van der Waals surface area contributed by atoms with Gasteiger partial charge in [-0.05, 0) is 37.3 Å². The summed E-state index contributed by atoms with van der Waals surface area (Å²) in [6.45, 7) is 1.82. The van der Waals surface area contributed by atoms with Crippen molar-refractivity contribution in [3.05, 3.63) is 59.0 Å². The van der Waals surface area contributed by atoms with E-state index < -0.39 is 11.6 Å². The maximum absolute atomic E-state index is 12.5. The van der Waals surface area contributed by atoms with Crippen molar-refractivity contribution in [3.8, 4) is 16.3 Å². The highest BCUT2D eigenvalue weighted by Gasteiger charge is 2.13. The van der Waals surface area contributed by atoms with Gasteiger partial charge in [0.1, 0.15) is 16.3 Å². The molecule has 2 heterocycles. The zero-order valence-electron chi connectivity index (χ0n) is 14.4. The van der Waals surface area contributed by atoms with Gasteiger partial charge in [-0.3, -0.25) is 0 Å². The lowest BCUT2D eigenvalue weighted by Gasteiger charge is -2.06. The number of aromatic nitrogens is 1. The van der Waals surface area contributed by atoms with Crippen LogP contribution in [0.3, 0.4) is 0 Å². The fourth-order valence-electron chi connectivity index (χ4n) is 2.66. The summed E-state index contributed by atoms with van der Waals surface area (Å²) in [5, 5.41) is 1.36. The van der Waals surface area contributed by atoms with Crippen molar-refractivity contribution in [3.63, 3.8) is 0 Å². The van der Waals surface area contributed by atoms with E-state index in [9.17, 15) is 9.59 Å². The van der Waals surface area contributed by atoms with Gasteiger partial charge in [-0.1, -0.05) is 12.1 Å². The molecule has 0 bridgehead atoms. The number of hydrogen-bond acceptors (Lipinski definition) is 7. The van der Waals surface area contributed by atoms with Gasteiger partial charge in [-0.15, -0.1) is 11.3 Å². The number of carbonyl (C=O) groups is 1. The molecule has 2 aromatic carbocycles. The van der Waals surface area contributed by atoms with E-state index in [0.29, 0.717) is 28.5 Å². The molecule has 0 unspecified atom stereocenters. The second-order valence-corrected chi connectivity index (χ2v) is 6.76. The van der Waals surface area contributed by atoms with Crippen LogP contribution in [0, 0.1) is 0 Å². The molecule has 0 aliphatic rings. The maximum Gasteiger partial charge on any atom is 0.346 e. The van der Waals surface area contributed by atoms with Gasteiger partial charge in [0.05, 0.1) is 22.4 Å². The Morgan fingerprint density at radius 3 is 2.85 bits per heavy atom. The zero-order chi connectivity index (χ0) is 18.8. The Morgan fingerprint density at radius 1 is 1.19 bits per heavy atom. The predicted molar refractivity (Wildman–Crippen MR) is 103 cm³/mol. The number of fused-ring (bicyclic) bond motifs is 2. The molecule has 0 radical (unpaired) electrons. The van der Waals surface area contributed by atoms with E-state index in [1.165, 1.54) is 11.3 Å². The normalized spacial score (nSPS) is 11.0. The van der Waals surface area contributed by atoms with E-state index in [-0.39, 0.29) is 6.61 Å². The summed E-state index contributed by atoms with van der Waals surface area (Å²) >= 11 is 1.44. The van der Waals surface area contributed by atoms with E-state index in [1.54, 1.807) is 31.2 Å². The Kier molecular flexibility index (Phi) is 4.60. The van der Waals surface area contributed by atoms with E-state index in [2.05, 4.69) is 4.98 Å². The fraction of sp³-hybridized carbons (Fsp3) is 0.150. The first kappa shape index (κ1) is 17.2. The summed E-state index contributed by atoms with van der Waals surface area (Å²) < 4.78 is 16.7. The average molecular weight is 381 g/mol. The lowest BCUT2D eigenvalue weighted by Crippen LogP contribution is -2.14. The Morgan fingerprint density at radius 2 is 2.04 bits per heavy atom. The van der Waals surface area contributed by atoms with E-state index in [1.807, 2.05) is 24.3 Å². The summed E-state index contributed by atoms with van der Waals surface area (Å²) in [5.41, 5.74) is 1.18. The van der Waals surface area contributed by atoms with Crippen molar-refractivity contribution in [1.29, 1.82) is 0 Å². The molecule has 0 fully saturated rings. The molecule has 4 rings (SSSR count). The monoisotopic (exact) mass is 381 g/mol. The molecule has 0 spiro atoms. The minimum absolute atomic E-state index is 0.201. The van der Waals surface area contributed by atoms with Crippen LogP contribution < -0.4 is 10.4 Å². The summed E-state index contributed by atoms with van der Waals surface area (Å²) in [6.07, 6.45) is 0. The molecule has 2 aromatic heterocycles. The molecule has 0 saturated carbocycles. The molecule has 27 heavy (non-hydrogen) atoms.